The number of hydrogen-bond donors (Lipinski definition) is 2. The summed E-state index contributed by atoms with van der Waals surface area (Å²) in [5, 5.41) is 20.7. The van der Waals surface area contributed by atoms with Gasteiger partial charge in [-0.05, 0) is 38.5 Å². The minimum absolute atomic E-state index is 0.248. The van der Waals surface area contributed by atoms with E-state index in [1.807, 2.05) is 13.0 Å². The lowest BCUT2D eigenvalue weighted by Gasteiger charge is -2.37. The zero-order valence-corrected chi connectivity index (χ0v) is 12.2. The number of rotatable bonds is 5. The van der Waals surface area contributed by atoms with E-state index in [4.69, 9.17) is 5.26 Å². The van der Waals surface area contributed by atoms with Crippen molar-refractivity contribution in [1.29, 1.82) is 5.26 Å². The standard InChI is InChI=1S/C14H23N3O3/c1-3-17(10-4-9-15)13(20)16-14(12(18)19)7-5-11(2)6-8-14/h11H,3-8,10H2,1-2H3,(H,16,20)(H,18,19). The molecule has 1 saturated carbocycles. The molecule has 2 N–H and O–H groups in total. The predicted molar refractivity (Wildman–Crippen MR) is 74.0 cm³/mol. The smallest absolute Gasteiger partial charge is 0.329 e. The molecule has 112 valence electrons. The molecule has 0 radical (unpaired) electrons. The van der Waals surface area contributed by atoms with Crippen molar-refractivity contribution >= 4 is 12.0 Å². The molecule has 2 amide bonds. The van der Waals surface area contributed by atoms with Gasteiger partial charge in [0.05, 0.1) is 12.5 Å². The second-order valence-electron chi connectivity index (χ2n) is 5.49. The van der Waals surface area contributed by atoms with Gasteiger partial charge < -0.3 is 15.3 Å². The highest BCUT2D eigenvalue weighted by Crippen LogP contribution is 2.32. The lowest BCUT2D eigenvalue weighted by molar-refractivity contribution is -0.146. The minimum atomic E-state index is -1.15. The summed E-state index contributed by atoms with van der Waals surface area (Å²) in [6, 6.07) is 1.60. The quantitative estimate of drug-likeness (QED) is 0.805. The van der Waals surface area contributed by atoms with Crippen LogP contribution in [-0.4, -0.2) is 40.6 Å². The molecule has 0 heterocycles. The Hall–Kier alpha value is -1.77. The Labute approximate surface area is 119 Å². The molecule has 20 heavy (non-hydrogen) atoms. The van der Waals surface area contributed by atoms with Gasteiger partial charge in [0, 0.05) is 13.1 Å². The molecule has 0 unspecified atom stereocenters. The summed E-state index contributed by atoms with van der Waals surface area (Å²) in [6.45, 7) is 4.69. The summed E-state index contributed by atoms with van der Waals surface area (Å²) in [6.07, 6.45) is 2.78. The number of carboxylic acid groups (broad SMARTS) is 1. The number of nitriles is 1. The summed E-state index contributed by atoms with van der Waals surface area (Å²) < 4.78 is 0. The highest BCUT2D eigenvalue weighted by molar-refractivity contribution is 5.86. The van der Waals surface area contributed by atoms with Gasteiger partial charge in [-0.3, -0.25) is 0 Å². The third-order valence-corrected chi connectivity index (χ3v) is 4.05. The molecule has 1 fully saturated rings. The third-order valence-electron chi connectivity index (χ3n) is 4.05. The number of hydrogen-bond acceptors (Lipinski definition) is 3. The Balaban J connectivity index is 2.73. The lowest BCUT2D eigenvalue weighted by atomic mass is 9.77. The zero-order chi connectivity index (χ0) is 15.2. The van der Waals surface area contributed by atoms with E-state index in [1.165, 1.54) is 4.90 Å². The number of nitrogens with one attached hydrogen (secondary N) is 1. The average molecular weight is 281 g/mol. The van der Waals surface area contributed by atoms with Crippen LogP contribution in [0.3, 0.4) is 0 Å². The van der Waals surface area contributed by atoms with E-state index in [2.05, 4.69) is 12.2 Å². The molecule has 0 bridgehead atoms. The zero-order valence-electron chi connectivity index (χ0n) is 12.2. The van der Waals surface area contributed by atoms with Crippen molar-refractivity contribution in [3.05, 3.63) is 0 Å². The molecular formula is C14H23N3O3. The number of carboxylic acids is 1. The van der Waals surface area contributed by atoms with Crippen LogP contribution < -0.4 is 5.32 Å². The predicted octanol–water partition coefficient (Wildman–Crippen LogP) is 1.97. The fourth-order valence-electron chi connectivity index (χ4n) is 2.52. The maximum absolute atomic E-state index is 12.2. The number of amides is 2. The SMILES string of the molecule is CCN(CCC#N)C(=O)NC1(C(=O)O)CCC(C)CC1. The largest absolute Gasteiger partial charge is 0.480 e. The summed E-state index contributed by atoms with van der Waals surface area (Å²) in [7, 11) is 0. The first-order valence-corrected chi connectivity index (χ1v) is 7.12. The van der Waals surface area contributed by atoms with E-state index in [0.717, 1.165) is 12.8 Å². The number of carbonyl (C=O) groups excluding carboxylic acids is 1. The van der Waals surface area contributed by atoms with Crippen LogP contribution in [0.5, 0.6) is 0 Å². The molecule has 6 heteroatoms. The van der Waals surface area contributed by atoms with Crippen molar-refractivity contribution in [1.82, 2.24) is 10.2 Å². The molecule has 0 aromatic carbocycles. The van der Waals surface area contributed by atoms with Gasteiger partial charge in [0.25, 0.3) is 0 Å². The van der Waals surface area contributed by atoms with Crippen LogP contribution in [0.2, 0.25) is 0 Å². The Morgan fingerprint density at radius 2 is 2.05 bits per heavy atom. The molecule has 0 spiro atoms. The molecule has 1 aliphatic carbocycles. The van der Waals surface area contributed by atoms with Crippen molar-refractivity contribution in [3.63, 3.8) is 0 Å². The van der Waals surface area contributed by atoms with Crippen molar-refractivity contribution in [2.45, 2.75) is 51.5 Å². The molecule has 1 aliphatic rings. The van der Waals surface area contributed by atoms with E-state index in [0.29, 0.717) is 31.8 Å². The van der Waals surface area contributed by atoms with Crippen molar-refractivity contribution < 1.29 is 14.7 Å². The van der Waals surface area contributed by atoms with Crippen LogP contribution in [0.25, 0.3) is 0 Å². The molecule has 0 saturated heterocycles. The van der Waals surface area contributed by atoms with Crippen molar-refractivity contribution in [2.24, 2.45) is 5.92 Å². The first kappa shape index (κ1) is 16.3. The van der Waals surface area contributed by atoms with Gasteiger partial charge in [0.1, 0.15) is 5.54 Å². The Kier molecular flexibility index (Phi) is 5.81. The molecule has 0 aliphatic heterocycles. The van der Waals surface area contributed by atoms with Gasteiger partial charge in [-0.2, -0.15) is 5.26 Å². The summed E-state index contributed by atoms with van der Waals surface area (Å²) in [4.78, 5) is 25.2. The van der Waals surface area contributed by atoms with Crippen LogP contribution in [-0.2, 0) is 4.79 Å². The van der Waals surface area contributed by atoms with Gasteiger partial charge in [0.2, 0.25) is 0 Å². The van der Waals surface area contributed by atoms with Crippen LogP contribution in [0.15, 0.2) is 0 Å². The molecule has 0 aromatic rings. The Morgan fingerprint density at radius 1 is 1.45 bits per heavy atom. The highest BCUT2D eigenvalue weighted by Gasteiger charge is 2.43. The highest BCUT2D eigenvalue weighted by atomic mass is 16.4. The Bertz CT molecular complexity index is 395. The fourth-order valence-corrected chi connectivity index (χ4v) is 2.52. The summed E-state index contributed by atoms with van der Waals surface area (Å²) in [5.74, 6) is -0.464. The molecule has 0 aromatic heterocycles. The Morgan fingerprint density at radius 3 is 2.50 bits per heavy atom. The number of nitrogens with zero attached hydrogens (tertiary/aromatic N) is 2. The van der Waals surface area contributed by atoms with Crippen LogP contribution >= 0.6 is 0 Å². The van der Waals surface area contributed by atoms with Crippen molar-refractivity contribution in [3.8, 4) is 6.07 Å². The van der Waals surface area contributed by atoms with Gasteiger partial charge in [0.15, 0.2) is 0 Å². The van der Waals surface area contributed by atoms with E-state index in [1.54, 1.807) is 0 Å². The molecule has 1 rings (SSSR count). The first-order valence-electron chi connectivity index (χ1n) is 7.12. The molecular weight excluding hydrogens is 258 g/mol. The molecule has 6 nitrogen and oxygen atoms in total. The van der Waals surface area contributed by atoms with E-state index in [-0.39, 0.29) is 12.5 Å². The van der Waals surface area contributed by atoms with E-state index >= 15 is 0 Å². The van der Waals surface area contributed by atoms with Crippen LogP contribution in [0, 0.1) is 17.2 Å². The van der Waals surface area contributed by atoms with Gasteiger partial charge in [-0.25, -0.2) is 9.59 Å². The monoisotopic (exact) mass is 281 g/mol. The third kappa shape index (κ3) is 3.86. The summed E-state index contributed by atoms with van der Waals surface area (Å²) >= 11 is 0. The van der Waals surface area contributed by atoms with Gasteiger partial charge in [-0.15, -0.1) is 0 Å². The van der Waals surface area contributed by atoms with Gasteiger partial charge >= 0.3 is 12.0 Å². The topological polar surface area (TPSA) is 93.4 Å². The van der Waals surface area contributed by atoms with Crippen LogP contribution in [0.1, 0.15) is 46.0 Å². The number of carbonyl (C=O) groups is 2. The number of aliphatic carboxylic acids is 1. The van der Waals surface area contributed by atoms with Crippen LogP contribution in [0.4, 0.5) is 4.79 Å². The molecule has 0 atom stereocenters. The van der Waals surface area contributed by atoms with Crippen molar-refractivity contribution in [2.75, 3.05) is 13.1 Å². The second-order valence-corrected chi connectivity index (χ2v) is 5.49. The second kappa shape index (κ2) is 7.13. The average Bonchev–Trinajstić information content (AvgIpc) is 2.42. The first-order chi connectivity index (χ1) is 9.45. The fraction of sp³-hybridized carbons (Fsp3) is 0.786. The normalized spacial score (nSPS) is 25.6. The minimum Gasteiger partial charge on any atom is -0.480 e. The lowest BCUT2D eigenvalue weighted by Crippen LogP contribution is -2.59. The number of urea groups is 1. The van der Waals surface area contributed by atoms with Gasteiger partial charge in [-0.1, -0.05) is 6.92 Å². The maximum Gasteiger partial charge on any atom is 0.329 e. The summed E-state index contributed by atoms with van der Waals surface area (Å²) in [5.41, 5.74) is -1.15. The van der Waals surface area contributed by atoms with E-state index in [9.17, 15) is 14.7 Å². The van der Waals surface area contributed by atoms with E-state index < -0.39 is 11.5 Å². The maximum atomic E-state index is 12.2.